The lowest BCUT2D eigenvalue weighted by Gasteiger charge is -2.12. The summed E-state index contributed by atoms with van der Waals surface area (Å²) in [5.74, 6) is 1.65. The molecule has 1 aliphatic rings. The van der Waals surface area contributed by atoms with Gasteiger partial charge in [0.25, 0.3) is 5.56 Å². The third kappa shape index (κ3) is 5.65. The van der Waals surface area contributed by atoms with Gasteiger partial charge in [0.2, 0.25) is 11.7 Å². The monoisotopic (exact) mass is 427 g/mol. The van der Waals surface area contributed by atoms with Crippen molar-refractivity contribution in [2.24, 2.45) is 0 Å². The first-order valence-electron chi connectivity index (χ1n) is 10.4. The normalized spacial score (nSPS) is 14.0. The molecule has 1 saturated carbocycles. The van der Waals surface area contributed by atoms with Gasteiger partial charge in [-0.3, -0.25) is 14.2 Å². The molecule has 0 saturated heterocycles. The molecule has 0 radical (unpaired) electrons. The summed E-state index contributed by atoms with van der Waals surface area (Å²) in [7, 11) is 4.61. The number of rotatable bonds is 9. The number of amides is 1. The van der Waals surface area contributed by atoms with E-state index in [-0.39, 0.29) is 11.5 Å². The number of nitrogens with zero attached hydrogens (tertiary/aromatic N) is 2. The first-order valence-corrected chi connectivity index (χ1v) is 10.4. The SMILES string of the molecule is COc1cc(/C=C/C(=O)NCCn2cnc(C3CCCC3)cc2=O)cc(OC)c1OC. The van der Waals surface area contributed by atoms with Gasteiger partial charge in [-0.2, -0.15) is 0 Å². The van der Waals surface area contributed by atoms with Gasteiger partial charge in [-0.25, -0.2) is 4.98 Å². The molecule has 1 aromatic heterocycles. The summed E-state index contributed by atoms with van der Waals surface area (Å²) in [6, 6.07) is 5.13. The third-order valence-electron chi connectivity index (χ3n) is 5.44. The van der Waals surface area contributed by atoms with Gasteiger partial charge in [-0.1, -0.05) is 12.8 Å². The van der Waals surface area contributed by atoms with Crippen molar-refractivity contribution in [3.8, 4) is 17.2 Å². The van der Waals surface area contributed by atoms with Crippen molar-refractivity contribution in [1.29, 1.82) is 0 Å². The molecule has 0 aliphatic heterocycles. The Balaban J connectivity index is 1.56. The minimum Gasteiger partial charge on any atom is -0.493 e. The maximum atomic E-state index is 12.3. The molecule has 0 bridgehead atoms. The highest BCUT2D eigenvalue weighted by atomic mass is 16.5. The maximum absolute atomic E-state index is 12.3. The van der Waals surface area contributed by atoms with Crippen molar-refractivity contribution in [3.63, 3.8) is 0 Å². The summed E-state index contributed by atoms with van der Waals surface area (Å²) in [5.41, 5.74) is 1.53. The van der Waals surface area contributed by atoms with Crippen LogP contribution in [-0.4, -0.2) is 43.3 Å². The van der Waals surface area contributed by atoms with Gasteiger partial charge in [-0.15, -0.1) is 0 Å². The summed E-state index contributed by atoms with van der Waals surface area (Å²) in [6.45, 7) is 0.684. The zero-order valence-electron chi connectivity index (χ0n) is 18.2. The second-order valence-corrected chi connectivity index (χ2v) is 7.41. The zero-order valence-corrected chi connectivity index (χ0v) is 18.2. The second-order valence-electron chi connectivity index (χ2n) is 7.41. The first kappa shape index (κ1) is 22.4. The number of nitrogens with one attached hydrogen (secondary N) is 1. The Labute approximate surface area is 181 Å². The Bertz CT molecular complexity index is 968. The molecular formula is C23H29N3O5. The molecule has 0 atom stereocenters. The number of carbonyl (C=O) groups is 1. The third-order valence-corrected chi connectivity index (χ3v) is 5.44. The van der Waals surface area contributed by atoms with Gasteiger partial charge >= 0.3 is 0 Å². The van der Waals surface area contributed by atoms with Crippen molar-refractivity contribution in [1.82, 2.24) is 14.9 Å². The van der Waals surface area contributed by atoms with Crippen molar-refractivity contribution in [2.45, 2.75) is 38.1 Å². The van der Waals surface area contributed by atoms with Gasteiger partial charge in [0.15, 0.2) is 11.5 Å². The van der Waals surface area contributed by atoms with Crippen LogP contribution in [0.5, 0.6) is 17.2 Å². The van der Waals surface area contributed by atoms with Crippen LogP contribution >= 0.6 is 0 Å². The van der Waals surface area contributed by atoms with E-state index < -0.39 is 0 Å². The summed E-state index contributed by atoms with van der Waals surface area (Å²) >= 11 is 0. The molecule has 1 aliphatic carbocycles. The molecule has 166 valence electrons. The van der Waals surface area contributed by atoms with Crippen LogP contribution in [0.4, 0.5) is 0 Å². The molecule has 8 heteroatoms. The second kappa shape index (κ2) is 10.7. The average Bonchev–Trinajstić information content (AvgIpc) is 3.32. The fourth-order valence-electron chi connectivity index (χ4n) is 3.78. The first-order chi connectivity index (χ1) is 15.0. The van der Waals surface area contributed by atoms with Gasteiger partial charge in [0.1, 0.15) is 0 Å². The quantitative estimate of drug-likeness (QED) is 0.619. The van der Waals surface area contributed by atoms with Crippen LogP contribution in [0.3, 0.4) is 0 Å². The smallest absolute Gasteiger partial charge is 0.253 e. The van der Waals surface area contributed by atoms with E-state index in [2.05, 4.69) is 10.3 Å². The number of carbonyl (C=O) groups excluding carboxylic acids is 1. The zero-order chi connectivity index (χ0) is 22.2. The number of benzene rings is 1. The largest absolute Gasteiger partial charge is 0.493 e. The predicted octanol–water partition coefficient (Wildman–Crippen LogP) is 2.76. The molecule has 3 rings (SSSR count). The Kier molecular flexibility index (Phi) is 7.70. The lowest BCUT2D eigenvalue weighted by atomic mass is 10.0. The van der Waals surface area contributed by atoms with Crippen molar-refractivity contribution in [3.05, 3.63) is 52.2 Å². The topological polar surface area (TPSA) is 91.7 Å². The lowest BCUT2D eigenvalue weighted by Crippen LogP contribution is -2.30. The van der Waals surface area contributed by atoms with Crippen LogP contribution < -0.4 is 25.1 Å². The maximum Gasteiger partial charge on any atom is 0.253 e. The van der Waals surface area contributed by atoms with Crippen LogP contribution in [0.15, 0.2) is 35.4 Å². The Hall–Kier alpha value is -3.29. The highest BCUT2D eigenvalue weighted by Crippen LogP contribution is 2.38. The molecule has 31 heavy (non-hydrogen) atoms. The molecule has 1 aromatic carbocycles. The number of hydrogen-bond donors (Lipinski definition) is 1. The van der Waals surface area contributed by atoms with E-state index in [0.717, 1.165) is 24.1 Å². The highest BCUT2D eigenvalue weighted by Gasteiger charge is 2.19. The van der Waals surface area contributed by atoms with Crippen LogP contribution in [-0.2, 0) is 11.3 Å². The molecule has 1 heterocycles. The van der Waals surface area contributed by atoms with Gasteiger partial charge in [-0.05, 0) is 36.6 Å². The average molecular weight is 428 g/mol. The Morgan fingerprint density at radius 2 is 1.81 bits per heavy atom. The fourth-order valence-corrected chi connectivity index (χ4v) is 3.78. The van der Waals surface area contributed by atoms with Gasteiger partial charge in [0.05, 0.1) is 33.4 Å². The minimum absolute atomic E-state index is 0.0842. The lowest BCUT2D eigenvalue weighted by molar-refractivity contribution is -0.116. The van der Waals surface area contributed by atoms with Crippen molar-refractivity contribution < 1.29 is 19.0 Å². The number of hydrogen-bond acceptors (Lipinski definition) is 6. The summed E-state index contributed by atoms with van der Waals surface area (Å²) in [4.78, 5) is 28.9. The minimum atomic E-state index is -0.266. The highest BCUT2D eigenvalue weighted by molar-refractivity contribution is 5.91. The van der Waals surface area contributed by atoms with E-state index in [1.54, 1.807) is 30.6 Å². The Morgan fingerprint density at radius 1 is 1.13 bits per heavy atom. The summed E-state index contributed by atoms with van der Waals surface area (Å²) < 4.78 is 17.4. The van der Waals surface area contributed by atoms with Crippen LogP contribution in [0.25, 0.3) is 6.08 Å². The van der Waals surface area contributed by atoms with Crippen LogP contribution in [0.1, 0.15) is 42.9 Å². The summed E-state index contributed by atoms with van der Waals surface area (Å²) in [5, 5.41) is 2.78. The van der Waals surface area contributed by atoms with Gasteiger partial charge in [0, 0.05) is 31.1 Å². The molecule has 1 fully saturated rings. The van der Waals surface area contributed by atoms with E-state index in [4.69, 9.17) is 14.2 Å². The van der Waals surface area contributed by atoms with E-state index in [9.17, 15) is 9.59 Å². The Morgan fingerprint density at radius 3 is 2.39 bits per heavy atom. The van der Waals surface area contributed by atoms with Crippen molar-refractivity contribution >= 4 is 12.0 Å². The molecule has 1 N–H and O–H groups in total. The molecule has 0 spiro atoms. The molecule has 0 unspecified atom stereocenters. The van der Waals surface area contributed by atoms with Gasteiger partial charge < -0.3 is 19.5 Å². The standard InChI is InChI=1S/C23H29N3O5/c1-29-19-12-16(13-20(30-2)23(19)31-3)8-9-21(27)24-10-11-26-15-25-18(14-22(26)28)17-6-4-5-7-17/h8-9,12-15,17H,4-7,10-11H2,1-3H3,(H,24,27)/b9-8+. The predicted molar refractivity (Wildman–Crippen MR) is 118 cm³/mol. The number of aromatic nitrogens is 2. The van der Waals surface area contributed by atoms with E-state index >= 15 is 0 Å². The molecule has 8 nitrogen and oxygen atoms in total. The number of methoxy groups -OCH3 is 3. The molecular weight excluding hydrogens is 398 g/mol. The van der Waals surface area contributed by atoms with Crippen LogP contribution in [0, 0.1) is 0 Å². The summed E-state index contributed by atoms with van der Waals surface area (Å²) in [6.07, 6.45) is 9.26. The molecule has 1 amide bonds. The fraction of sp³-hybridized carbons (Fsp3) is 0.435. The van der Waals surface area contributed by atoms with E-state index in [1.165, 1.54) is 44.8 Å². The van der Waals surface area contributed by atoms with E-state index in [0.29, 0.717) is 36.3 Å². The van der Waals surface area contributed by atoms with Crippen molar-refractivity contribution in [2.75, 3.05) is 27.9 Å². The van der Waals surface area contributed by atoms with Crippen LogP contribution in [0.2, 0.25) is 0 Å². The van der Waals surface area contributed by atoms with E-state index in [1.807, 2.05) is 0 Å². The number of ether oxygens (including phenoxy) is 3. The molecule has 2 aromatic rings.